The van der Waals surface area contributed by atoms with Gasteiger partial charge in [0.2, 0.25) is 0 Å². The van der Waals surface area contributed by atoms with Gasteiger partial charge in [0.25, 0.3) is 11.8 Å². The molecule has 3 aromatic rings. The van der Waals surface area contributed by atoms with Crippen molar-refractivity contribution in [1.29, 1.82) is 0 Å². The summed E-state index contributed by atoms with van der Waals surface area (Å²) in [6.07, 6.45) is 3.20. The Balaban J connectivity index is 1.62. The Morgan fingerprint density at radius 2 is 1.92 bits per heavy atom. The Labute approximate surface area is 144 Å². The smallest absolute Gasteiger partial charge is 0.257 e. The van der Waals surface area contributed by atoms with Gasteiger partial charge in [-0.05, 0) is 24.3 Å². The zero-order chi connectivity index (χ0) is 17.1. The minimum absolute atomic E-state index is 0.0956. The average molecular weight is 336 g/mol. The lowest BCUT2D eigenvalue weighted by atomic mass is 10.1. The number of benzene rings is 1. The molecule has 0 N–H and O–H groups in total. The van der Waals surface area contributed by atoms with Crippen molar-refractivity contribution in [2.24, 2.45) is 0 Å². The van der Waals surface area contributed by atoms with Crippen LogP contribution in [0.4, 0.5) is 0 Å². The molecule has 1 aliphatic rings. The van der Waals surface area contributed by atoms with Gasteiger partial charge in [0, 0.05) is 30.1 Å². The predicted octanol–water partition coefficient (Wildman–Crippen LogP) is 2.35. The number of aromatic nitrogens is 3. The fraction of sp³-hybridized carbons (Fsp3) is 0.222. The van der Waals surface area contributed by atoms with Gasteiger partial charge in [-0.3, -0.25) is 9.78 Å². The fourth-order valence-corrected chi connectivity index (χ4v) is 2.79. The minimum atomic E-state index is -0.379. The highest BCUT2D eigenvalue weighted by Gasteiger charge is 2.32. The molecule has 1 aromatic carbocycles. The van der Waals surface area contributed by atoms with Gasteiger partial charge in [-0.25, -0.2) is 0 Å². The van der Waals surface area contributed by atoms with E-state index in [1.54, 1.807) is 29.4 Å². The van der Waals surface area contributed by atoms with Crippen LogP contribution in [0.5, 0.6) is 0 Å². The SMILES string of the molecule is O=C(c1ccncc1)N1CCOC[C@H]1c1noc(-c2ccccc2)n1. The van der Waals surface area contributed by atoms with Gasteiger partial charge in [-0.1, -0.05) is 23.4 Å². The van der Waals surface area contributed by atoms with Crippen LogP contribution >= 0.6 is 0 Å². The van der Waals surface area contributed by atoms with Crippen molar-refractivity contribution < 1.29 is 14.1 Å². The number of hydrogen-bond donors (Lipinski definition) is 0. The van der Waals surface area contributed by atoms with Crippen LogP contribution in [0.3, 0.4) is 0 Å². The summed E-state index contributed by atoms with van der Waals surface area (Å²) < 4.78 is 10.9. The molecule has 3 heterocycles. The molecule has 1 fully saturated rings. The molecule has 2 aromatic heterocycles. The van der Waals surface area contributed by atoms with E-state index in [9.17, 15) is 4.79 Å². The fourth-order valence-electron chi connectivity index (χ4n) is 2.79. The van der Waals surface area contributed by atoms with E-state index in [-0.39, 0.29) is 11.9 Å². The second-order valence-corrected chi connectivity index (χ2v) is 5.65. The van der Waals surface area contributed by atoms with Crippen molar-refractivity contribution in [3.8, 4) is 11.5 Å². The number of carbonyl (C=O) groups is 1. The Bertz CT molecular complexity index is 851. The summed E-state index contributed by atoms with van der Waals surface area (Å²) in [4.78, 5) is 23.0. The summed E-state index contributed by atoms with van der Waals surface area (Å²) >= 11 is 0. The number of hydrogen-bond acceptors (Lipinski definition) is 6. The van der Waals surface area contributed by atoms with E-state index in [1.165, 1.54) is 0 Å². The molecular formula is C18H16N4O3. The summed E-state index contributed by atoms with van der Waals surface area (Å²) in [5, 5.41) is 4.07. The highest BCUT2D eigenvalue weighted by Crippen LogP contribution is 2.26. The van der Waals surface area contributed by atoms with Crippen LogP contribution < -0.4 is 0 Å². The van der Waals surface area contributed by atoms with E-state index >= 15 is 0 Å². The van der Waals surface area contributed by atoms with Gasteiger partial charge >= 0.3 is 0 Å². The quantitative estimate of drug-likeness (QED) is 0.730. The largest absolute Gasteiger partial charge is 0.377 e. The number of pyridine rings is 1. The molecule has 0 bridgehead atoms. The van der Waals surface area contributed by atoms with E-state index in [0.29, 0.717) is 37.0 Å². The standard InChI is InChI=1S/C18H16N4O3/c23-18(14-6-8-19-9-7-14)22-10-11-24-12-15(22)16-20-17(25-21-16)13-4-2-1-3-5-13/h1-9,15H,10-12H2/t15-/m0/s1. The lowest BCUT2D eigenvalue weighted by Crippen LogP contribution is -2.43. The molecule has 7 nitrogen and oxygen atoms in total. The van der Waals surface area contributed by atoms with Crippen LogP contribution in [0.25, 0.3) is 11.5 Å². The van der Waals surface area contributed by atoms with Crippen molar-refractivity contribution >= 4 is 5.91 Å². The first-order valence-electron chi connectivity index (χ1n) is 8.01. The van der Waals surface area contributed by atoms with Crippen molar-refractivity contribution in [3.63, 3.8) is 0 Å². The molecule has 1 aliphatic heterocycles. The molecular weight excluding hydrogens is 320 g/mol. The maximum Gasteiger partial charge on any atom is 0.257 e. The maximum absolute atomic E-state index is 12.8. The third-order valence-corrected chi connectivity index (χ3v) is 4.08. The molecule has 0 radical (unpaired) electrons. The molecule has 0 saturated carbocycles. The van der Waals surface area contributed by atoms with Crippen LogP contribution in [0.15, 0.2) is 59.4 Å². The van der Waals surface area contributed by atoms with Crippen molar-refractivity contribution in [2.45, 2.75) is 6.04 Å². The Morgan fingerprint density at radius 1 is 1.12 bits per heavy atom. The molecule has 1 amide bonds. The number of carbonyl (C=O) groups excluding carboxylic acids is 1. The first-order chi connectivity index (χ1) is 12.3. The Hall–Kier alpha value is -3.06. The Morgan fingerprint density at radius 3 is 2.72 bits per heavy atom. The van der Waals surface area contributed by atoms with E-state index < -0.39 is 0 Å². The number of nitrogens with zero attached hydrogens (tertiary/aromatic N) is 4. The lowest BCUT2D eigenvalue weighted by molar-refractivity contribution is -0.00577. The number of amides is 1. The van der Waals surface area contributed by atoms with Crippen LogP contribution in [-0.2, 0) is 4.74 Å². The summed E-state index contributed by atoms with van der Waals surface area (Å²) in [5.74, 6) is 0.778. The van der Waals surface area contributed by atoms with E-state index in [0.717, 1.165) is 5.56 Å². The van der Waals surface area contributed by atoms with Crippen LogP contribution in [0.2, 0.25) is 0 Å². The van der Waals surface area contributed by atoms with E-state index in [4.69, 9.17) is 9.26 Å². The molecule has 25 heavy (non-hydrogen) atoms. The average Bonchev–Trinajstić information content (AvgIpc) is 3.19. The second kappa shape index (κ2) is 6.82. The summed E-state index contributed by atoms with van der Waals surface area (Å²) in [6, 6.07) is 12.5. The molecule has 126 valence electrons. The first kappa shape index (κ1) is 15.5. The first-order valence-corrected chi connectivity index (χ1v) is 8.01. The summed E-state index contributed by atoms with van der Waals surface area (Å²) in [7, 11) is 0. The molecule has 1 atom stereocenters. The van der Waals surface area contributed by atoms with Gasteiger partial charge in [0.05, 0.1) is 13.2 Å². The Kier molecular flexibility index (Phi) is 4.22. The zero-order valence-electron chi connectivity index (χ0n) is 13.4. The van der Waals surface area contributed by atoms with Gasteiger partial charge in [0.1, 0.15) is 6.04 Å². The number of rotatable bonds is 3. The van der Waals surface area contributed by atoms with Gasteiger partial charge in [0.15, 0.2) is 5.82 Å². The lowest BCUT2D eigenvalue weighted by Gasteiger charge is -2.33. The topological polar surface area (TPSA) is 81.4 Å². The molecule has 0 spiro atoms. The summed E-state index contributed by atoms with van der Waals surface area (Å²) in [6.45, 7) is 1.29. The van der Waals surface area contributed by atoms with Crippen LogP contribution in [-0.4, -0.2) is 45.7 Å². The van der Waals surface area contributed by atoms with Gasteiger partial charge < -0.3 is 14.2 Å². The summed E-state index contributed by atoms with van der Waals surface area (Å²) in [5.41, 5.74) is 1.42. The predicted molar refractivity (Wildman–Crippen MR) is 88.6 cm³/mol. The van der Waals surface area contributed by atoms with Crippen molar-refractivity contribution in [2.75, 3.05) is 19.8 Å². The van der Waals surface area contributed by atoms with Crippen LogP contribution in [0, 0.1) is 0 Å². The van der Waals surface area contributed by atoms with Crippen LogP contribution in [0.1, 0.15) is 22.2 Å². The van der Waals surface area contributed by atoms with Crippen molar-refractivity contribution in [1.82, 2.24) is 20.0 Å². The number of ether oxygens (including phenoxy) is 1. The normalized spacial score (nSPS) is 17.4. The second-order valence-electron chi connectivity index (χ2n) is 5.65. The highest BCUT2D eigenvalue weighted by atomic mass is 16.5. The molecule has 1 saturated heterocycles. The minimum Gasteiger partial charge on any atom is -0.377 e. The van der Waals surface area contributed by atoms with E-state index in [1.807, 2.05) is 30.3 Å². The zero-order valence-corrected chi connectivity index (χ0v) is 13.4. The molecule has 7 heteroatoms. The van der Waals surface area contributed by atoms with Gasteiger partial charge in [-0.15, -0.1) is 0 Å². The number of morpholine rings is 1. The monoisotopic (exact) mass is 336 g/mol. The molecule has 0 unspecified atom stereocenters. The van der Waals surface area contributed by atoms with E-state index in [2.05, 4.69) is 15.1 Å². The maximum atomic E-state index is 12.8. The van der Waals surface area contributed by atoms with Crippen molar-refractivity contribution in [3.05, 3.63) is 66.2 Å². The van der Waals surface area contributed by atoms with Gasteiger partial charge in [-0.2, -0.15) is 4.98 Å². The molecule has 0 aliphatic carbocycles. The highest BCUT2D eigenvalue weighted by molar-refractivity contribution is 5.94. The molecule has 4 rings (SSSR count). The third kappa shape index (κ3) is 3.14. The third-order valence-electron chi connectivity index (χ3n) is 4.08.